The van der Waals surface area contributed by atoms with Crippen LogP contribution in [0.15, 0.2) is 93.7 Å². The first-order valence-electron chi connectivity index (χ1n) is 10.6. The molecule has 0 aliphatic heterocycles. The number of hydrogen-bond donors (Lipinski definition) is 0. The number of allylic oxidation sites excluding steroid dienone is 13. The van der Waals surface area contributed by atoms with E-state index in [4.69, 9.17) is 0 Å². The van der Waals surface area contributed by atoms with Gasteiger partial charge in [0.25, 0.3) is 0 Å². The maximum atomic E-state index is 4.43. The fourth-order valence-corrected chi connectivity index (χ4v) is 2.51. The van der Waals surface area contributed by atoms with Gasteiger partial charge in [0.05, 0.1) is 0 Å². The second-order valence-corrected chi connectivity index (χ2v) is 7.27. The molecule has 0 bridgehead atoms. The van der Waals surface area contributed by atoms with Crippen LogP contribution in [0.5, 0.6) is 0 Å². The van der Waals surface area contributed by atoms with Crippen LogP contribution >= 0.6 is 0 Å². The van der Waals surface area contributed by atoms with Crippen LogP contribution in [0.2, 0.25) is 0 Å². The zero-order valence-electron chi connectivity index (χ0n) is 19.4. The van der Waals surface area contributed by atoms with E-state index < -0.39 is 0 Å². The van der Waals surface area contributed by atoms with Crippen molar-refractivity contribution in [2.24, 2.45) is 9.98 Å². The lowest BCUT2D eigenvalue weighted by molar-refractivity contribution is 0.958. The lowest BCUT2D eigenvalue weighted by Crippen LogP contribution is -1.99. The molecule has 29 heavy (non-hydrogen) atoms. The predicted molar refractivity (Wildman–Crippen MR) is 134 cm³/mol. The Morgan fingerprint density at radius 3 is 2.07 bits per heavy atom. The van der Waals surface area contributed by atoms with Gasteiger partial charge in [0.2, 0.25) is 0 Å². The molecule has 0 unspecified atom stereocenters. The summed E-state index contributed by atoms with van der Waals surface area (Å²) in [7, 11) is 0. The SMILES string of the molecule is C=C(C)/N=C\N=C(\C)CC(=C(C)C)C(/C=C\C)=C/C=C/CC/C=C\C=C/CCC. The molecular weight excluding hydrogens is 352 g/mol. The average Bonchev–Trinajstić information content (AvgIpc) is 2.66. The highest BCUT2D eigenvalue weighted by Crippen LogP contribution is 2.21. The Morgan fingerprint density at radius 1 is 0.897 bits per heavy atom. The second kappa shape index (κ2) is 17.6. The molecule has 0 amide bonds. The van der Waals surface area contributed by atoms with E-state index >= 15 is 0 Å². The Kier molecular flexibility index (Phi) is 16.1. The normalized spacial score (nSPS) is 13.7. The lowest BCUT2D eigenvalue weighted by atomic mass is 9.95. The van der Waals surface area contributed by atoms with Gasteiger partial charge in [-0.15, -0.1) is 0 Å². The summed E-state index contributed by atoms with van der Waals surface area (Å²) in [5, 5.41) is 0. The van der Waals surface area contributed by atoms with Crippen LogP contribution in [-0.2, 0) is 0 Å². The zero-order chi connectivity index (χ0) is 21.9. The smallest absolute Gasteiger partial charge is 0.115 e. The number of hydrogen-bond acceptors (Lipinski definition) is 1. The molecule has 0 aromatic heterocycles. The molecule has 0 N–H and O–H groups in total. The van der Waals surface area contributed by atoms with Gasteiger partial charge in [0.15, 0.2) is 0 Å². The van der Waals surface area contributed by atoms with E-state index in [-0.39, 0.29) is 0 Å². The van der Waals surface area contributed by atoms with Gasteiger partial charge in [-0.3, -0.25) is 0 Å². The van der Waals surface area contributed by atoms with E-state index in [1.807, 2.05) is 13.8 Å². The van der Waals surface area contributed by atoms with Crippen LogP contribution in [0, 0.1) is 0 Å². The van der Waals surface area contributed by atoms with Gasteiger partial charge in [-0.25, -0.2) is 9.98 Å². The summed E-state index contributed by atoms with van der Waals surface area (Å²) < 4.78 is 0. The molecule has 158 valence electrons. The Bertz CT molecular complexity index is 716. The number of aliphatic imine (C=N–C) groups is 2. The van der Waals surface area contributed by atoms with E-state index in [9.17, 15) is 0 Å². The topological polar surface area (TPSA) is 24.7 Å². The lowest BCUT2D eigenvalue weighted by Gasteiger charge is -2.11. The monoisotopic (exact) mass is 392 g/mol. The van der Waals surface area contributed by atoms with Gasteiger partial charge in [0.1, 0.15) is 6.34 Å². The first kappa shape index (κ1) is 26.5. The third kappa shape index (κ3) is 15.2. The van der Waals surface area contributed by atoms with Crippen molar-refractivity contribution in [1.82, 2.24) is 0 Å². The third-order valence-corrected chi connectivity index (χ3v) is 4.04. The summed E-state index contributed by atoms with van der Waals surface area (Å²) in [6.07, 6.45) is 26.4. The van der Waals surface area contributed by atoms with Gasteiger partial charge in [0, 0.05) is 17.8 Å². The fourth-order valence-electron chi connectivity index (χ4n) is 2.51. The van der Waals surface area contributed by atoms with Crippen molar-refractivity contribution in [3.05, 3.63) is 83.7 Å². The summed E-state index contributed by atoms with van der Waals surface area (Å²) >= 11 is 0. The maximum absolute atomic E-state index is 4.43. The van der Waals surface area contributed by atoms with Gasteiger partial charge in [-0.2, -0.15) is 0 Å². The molecule has 0 radical (unpaired) electrons. The molecule has 2 nitrogen and oxygen atoms in total. The minimum absolute atomic E-state index is 0.760. The van der Waals surface area contributed by atoms with E-state index in [2.05, 4.69) is 98.9 Å². The van der Waals surface area contributed by atoms with Crippen molar-refractivity contribution in [2.45, 2.75) is 73.6 Å². The van der Waals surface area contributed by atoms with Crippen molar-refractivity contribution >= 4 is 12.1 Å². The van der Waals surface area contributed by atoms with Crippen LogP contribution in [0.4, 0.5) is 0 Å². The Labute approximate surface area is 179 Å². The van der Waals surface area contributed by atoms with Gasteiger partial charge < -0.3 is 0 Å². The molecule has 0 aromatic carbocycles. The molecule has 0 atom stereocenters. The Hall–Kier alpha value is -2.48. The Morgan fingerprint density at radius 2 is 1.52 bits per heavy atom. The van der Waals surface area contributed by atoms with Crippen molar-refractivity contribution in [3.63, 3.8) is 0 Å². The highest BCUT2D eigenvalue weighted by molar-refractivity contribution is 5.91. The highest BCUT2D eigenvalue weighted by Gasteiger charge is 2.06. The van der Waals surface area contributed by atoms with Crippen LogP contribution < -0.4 is 0 Å². The average molecular weight is 393 g/mol. The Balaban J connectivity index is 5.04. The molecule has 0 aromatic rings. The van der Waals surface area contributed by atoms with Crippen molar-refractivity contribution in [3.8, 4) is 0 Å². The predicted octanol–water partition coefficient (Wildman–Crippen LogP) is 8.49. The van der Waals surface area contributed by atoms with Crippen LogP contribution in [0.3, 0.4) is 0 Å². The van der Waals surface area contributed by atoms with Gasteiger partial charge >= 0.3 is 0 Å². The van der Waals surface area contributed by atoms with E-state index in [0.717, 1.165) is 37.1 Å². The summed E-state index contributed by atoms with van der Waals surface area (Å²) in [5.41, 5.74) is 5.63. The molecule has 0 aliphatic carbocycles. The molecule has 0 fully saturated rings. The molecule has 0 saturated heterocycles. The van der Waals surface area contributed by atoms with Crippen LogP contribution in [-0.4, -0.2) is 12.1 Å². The summed E-state index contributed by atoms with van der Waals surface area (Å²) in [5.74, 6) is 0. The molecule has 0 aliphatic rings. The summed E-state index contributed by atoms with van der Waals surface area (Å²) in [4.78, 5) is 8.56. The molecular formula is C27H40N2. The van der Waals surface area contributed by atoms with Gasteiger partial charge in [-0.05, 0) is 65.0 Å². The van der Waals surface area contributed by atoms with E-state index in [0.29, 0.717) is 0 Å². The van der Waals surface area contributed by atoms with E-state index in [1.54, 1.807) is 6.34 Å². The number of nitrogens with zero attached hydrogens (tertiary/aromatic N) is 2. The van der Waals surface area contributed by atoms with Crippen molar-refractivity contribution in [2.75, 3.05) is 0 Å². The van der Waals surface area contributed by atoms with Crippen molar-refractivity contribution in [1.29, 1.82) is 0 Å². The summed E-state index contributed by atoms with van der Waals surface area (Å²) in [6.45, 7) is 16.2. The first-order valence-corrected chi connectivity index (χ1v) is 10.6. The van der Waals surface area contributed by atoms with Crippen LogP contribution in [0.25, 0.3) is 0 Å². The highest BCUT2D eigenvalue weighted by atomic mass is 14.9. The van der Waals surface area contributed by atoms with Crippen LogP contribution in [0.1, 0.15) is 73.6 Å². The molecule has 2 heteroatoms. The number of unbranched alkanes of at least 4 members (excludes halogenated alkanes) is 2. The molecule has 0 heterocycles. The summed E-state index contributed by atoms with van der Waals surface area (Å²) in [6, 6.07) is 0. The molecule has 0 spiro atoms. The standard InChI is InChI=1S/C27H40N2/c1-8-10-11-12-13-14-15-16-17-18-20-26(19-9-2)27(23(3)4)21-25(7)29-22-28-24(5)6/h9,11-14,17-20,22H,5,8,10,15-16,21H2,1-4,6-7H3/b12-11-,14-13-,18-17+,19-9-,26-20+,28-22-,29-25-. The quantitative estimate of drug-likeness (QED) is 0.130. The second-order valence-electron chi connectivity index (χ2n) is 7.27. The van der Waals surface area contributed by atoms with Crippen molar-refractivity contribution < 1.29 is 0 Å². The minimum Gasteiger partial charge on any atom is -0.246 e. The van der Waals surface area contributed by atoms with Gasteiger partial charge in [-0.1, -0.05) is 80.2 Å². The third-order valence-electron chi connectivity index (χ3n) is 4.04. The minimum atomic E-state index is 0.760. The zero-order valence-corrected chi connectivity index (χ0v) is 19.4. The first-order chi connectivity index (χ1) is 13.9. The maximum Gasteiger partial charge on any atom is 0.115 e. The van der Waals surface area contributed by atoms with E-state index in [1.165, 1.54) is 23.1 Å². The fraction of sp³-hybridized carbons (Fsp3) is 0.407. The molecule has 0 rings (SSSR count). The number of rotatable bonds is 13. The largest absolute Gasteiger partial charge is 0.246 e. The molecule has 0 saturated carbocycles.